The number of hydrogen-bond acceptors (Lipinski definition) is 1. The fraction of sp³-hybridized carbons (Fsp3) is 0.250. The lowest BCUT2D eigenvalue weighted by molar-refractivity contribution is -0.139. The molecule has 0 aliphatic heterocycles. The molecule has 0 heterocycles. The molecular formula is C16H14ClF3O. The molecule has 1 atom stereocenters. The summed E-state index contributed by atoms with van der Waals surface area (Å²) in [6.07, 6.45) is -5.72. The van der Waals surface area contributed by atoms with Crippen LogP contribution in [0.2, 0.25) is 5.02 Å². The summed E-state index contributed by atoms with van der Waals surface area (Å²) in [7, 11) is 0. The van der Waals surface area contributed by atoms with Crippen molar-refractivity contribution in [3.63, 3.8) is 0 Å². The minimum atomic E-state index is -4.49. The highest BCUT2D eigenvalue weighted by molar-refractivity contribution is 6.31. The quantitative estimate of drug-likeness (QED) is 0.850. The average molecular weight is 315 g/mol. The molecular weight excluding hydrogens is 301 g/mol. The number of aliphatic hydroxyl groups is 1. The van der Waals surface area contributed by atoms with E-state index >= 15 is 0 Å². The molecule has 0 aliphatic rings. The van der Waals surface area contributed by atoms with E-state index in [9.17, 15) is 18.3 Å². The van der Waals surface area contributed by atoms with Gasteiger partial charge in [-0.3, -0.25) is 0 Å². The van der Waals surface area contributed by atoms with Crippen LogP contribution in [0.25, 0.3) is 0 Å². The monoisotopic (exact) mass is 314 g/mol. The van der Waals surface area contributed by atoms with Gasteiger partial charge in [0.05, 0.1) is 11.7 Å². The lowest BCUT2D eigenvalue weighted by Gasteiger charge is -2.18. The molecule has 1 nitrogen and oxygen atoms in total. The van der Waals surface area contributed by atoms with Crippen molar-refractivity contribution in [3.05, 3.63) is 69.7 Å². The summed E-state index contributed by atoms with van der Waals surface area (Å²) in [4.78, 5) is 0. The summed E-state index contributed by atoms with van der Waals surface area (Å²) in [6, 6.07) is 10.3. The molecule has 2 rings (SSSR count). The van der Waals surface area contributed by atoms with Gasteiger partial charge in [-0.1, -0.05) is 41.9 Å². The second-order valence-electron chi connectivity index (χ2n) is 4.90. The van der Waals surface area contributed by atoms with Gasteiger partial charge in [-0.25, -0.2) is 0 Å². The van der Waals surface area contributed by atoms with E-state index in [1.54, 1.807) is 12.1 Å². The maximum atomic E-state index is 12.9. The Balaban J connectivity index is 2.31. The standard InChI is InChI=1S/C16H14ClF3O/c1-10-6-7-11(14(17)8-10)9-15(21)12-4-2-3-5-13(12)16(18,19)20/h2-8,15,21H,9H2,1H3. The van der Waals surface area contributed by atoms with E-state index < -0.39 is 17.8 Å². The summed E-state index contributed by atoms with van der Waals surface area (Å²) in [5, 5.41) is 10.6. The van der Waals surface area contributed by atoms with Crippen LogP contribution in [0, 0.1) is 6.92 Å². The molecule has 0 saturated carbocycles. The van der Waals surface area contributed by atoms with Gasteiger partial charge in [-0.2, -0.15) is 13.2 Å². The molecule has 0 fully saturated rings. The summed E-state index contributed by atoms with van der Waals surface area (Å²) in [6.45, 7) is 1.87. The second kappa shape index (κ2) is 6.08. The zero-order valence-corrected chi connectivity index (χ0v) is 12.0. The molecule has 2 aromatic rings. The number of rotatable bonds is 3. The predicted octanol–water partition coefficient (Wildman–Crippen LogP) is 4.94. The number of benzene rings is 2. The molecule has 1 unspecified atom stereocenters. The third-order valence-electron chi connectivity index (χ3n) is 3.25. The van der Waals surface area contributed by atoms with Crippen LogP contribution in [0.5, 0.6) is 0 Å². The first-order chi connectivity index (χ1) is 9.79. The first kappa shape index (κ1) is 15.9. The van der Waals surface area contributed by atoms with Crippen LogP contribution in [-0.4, -0.2) is 5.11 Å². The van der Waals surface area contributed by atoms with Crippen LogP contribution in [0.15, 0.2) is 42.5 Å². The van der Waals surface area contributed by atoms with E-state index in [2.05, 4.69) is 0 Å². The van der Waals surface area contributed by atoms with Gasteiger partial charge in [0, 0.05) is 11.4 Å². The highest BCUT2D eigenvalue weighted by Gasteiger charge is 2.34. The third kappa shape index (κ3) is 3.77. The van der Waals surface area contributed by atoms with Crippen molar-refractivity contribution in [1.29, 1.82) is 0 Å². The molecule has 0 spiro atoms. The fourth-order valence-corrected chi connectivity index (χ4v) is 2.49. The van der Waals surface area contributed by atoms with E-state index in [0.717, 1.165) is 11.6 Å². The smallest absolute Gasteiger partial charge is 0.388 e. The highest BCUT2D eigenvalue weighted by Crippen LogP contribution is 2.35. The molecule has 112 valence electrons. The molecule has 21 heavy (non-hydrogen) atoms. The Morgan fingerprint density at radius 3 is 2.43 bits per heavy atom. The van der Waals surface area contributed by atoms with Crippen LogP contribution < -0.4 is 0 Å². The first-order valence-electron chi connectivity index (χ1n) is 6.38. The van der Waals surface area contributed by atoms with Crippen molar-refractivity contribution in [2.45, 2.75) is 25.6 Å². The van der Waals surface area contributed by atoms with Gasteiger partial charge in [-0.15, -0.1) is 0 Å². The highest BCUT2D eigenvalue weighted by atomic mass is 35.5. The maximum Gasteiger partial charge on any atom is 0.416 e. The van der Waals surface area contributed by atoms with Gasteiger partial charge in [0.15, 0.2) is 0 Å². The Kier molecular flexibility index (Phi) is 4.59. The lowest BCUT2D eigenvalue weighted by atomic mass is 9.96. The van der Waals surface area contributed by atoms with Crippen molar-refractivity contribution in [3.8, 4) is 0 Å². The molecule has 0 saturated heterocycles. The second-order valence-corrected chi connectivity index (χ2v) is 5.31. The van der Waals surface area contributed by atoms with Gasteiger partial charge >= 0.3 is 6.18 Å². The van der Waals surface area contributed by atoms with Gasteiger partial charge in [-0.05, 0) is 35.7 Å². The molecule has 1 N–H and O–H groups in total. The van der Waals surface area contributed by atoms with Gasteiger partial charge in [0.2, 0.25) is 0 Å². The van der Waals surface area contributed by atoms with Crippen molar-refractivity contribution in [1.82, 2.24) is 0 Å². The Labute approximate surface area is 126 Å². The maximum absolute atomic E-state index is 12.9. The van der Waals surface area contributed by atoms with Crippen LogP contribution >= 0.6 is 11.6 Å². The summed E-state index contributed by atoms with van der Waals surface area (Å²) in [5.74, 6) is 0. The average Bonchev–Trinajstić information content (AvgIpc) is 2.41. The number of hydrogen-bond donors (Lipinski definition) is 1. The largest absolute Gasteiger partial charge is 0.416 e. The van der Waals surface area contributed by atoms with Gasteiger partial charge in [0.25, 0.3) is 0 Å². The van der Waals surface area contributed by atoms with Crippen LogP contribution in [0.4, 0.5) is 13.2 Å². The van der Waals surface area contributed by atoms with E-state index in [4.69, 9.17) is 11.6 Å². The SMILES string of the molecule is Cc1ccc(CC(O)c2ccccc2C(F)(F)F)c(Cl)c1. The Morgan fingerprint density at radius 1 is 1.14 bits per heavy atom. The van der Waals surface area contributed by atoms with E-state index in [0.29, 0.717) is 10.6 Å². The van der Waals surface area contributed by atoms with E-state index in [1.807, 2.05) is 13.0 Å². The summed E-state index contributed by atoms with van der Waals surface area (Å²) in [5.41, 5.74) is 0.614. The first-order valence-corrected chi connectivity index (χ1v) is 6.76. The molecule has 0 aromatic heterocycles. The van der Waals surface area contributed by atoms with Crippen LogP contribution in [0.1, 0.15) is 28.4 Å². The van der Waals surface area contributed by atoms with Crippen LogP contribution in [0.3, 0.4) is 0 Å². The van der Waals surface area contributed by atoms with Crippen LogP contribution in [-0.2, 0) is 12.6 Å². The van der Waals surface area contributed by atoms with Gasteiger partial charge in [0.1, 0.15) is 0 Å². The minimum Gasteiger partial charge on any atom is -0.388 e. The number of halogens is 4. The number of alkyl halides is 3. The normalized spacial score (nSPS) is 13.2. The van der Waals surface area contributed by atoms with Crippen molar-refractivity contribution < 1.29 is 18.3 Å². The fourth-order valence-electron chi connectivity index (χ4n) is 2.18. The van der Waals surface area contributed by atoms with Crippen molar-refractivity contribution in [2.24, 2.45) is 0 Å². The van der Waals surface area contributed by atoms with E-state index in [1.165, 1.54) is 18.2 Å². The van der Waals surface area contributed by atoms with Gasteiger partial charge < -0.3 is 5.11 Å². The Hall–Kier alpha value is -1.52. The van der Waals surface area contributed by atoms with E-state index in [-0.39, 0.29) is 12.0 Å². The van der Waals surface area contributed by atoms with Crippen molar-refractivity contribution in [2.75, 3.05) is 0 Å². The molecule has 2 aromatic carbocycles. The Morgan fingerprint density at radius 2 is 1.81 bits per heavy atom. The summed E-state index contributed by atoms with van der Waals surface area (Å²) < 4.78 is 38.8. The molecule has 0 amide bonds. The topological polar surface area (TPSA) is 20.2 Å². The Bertz CT molecular complexity index is 638. The molecule has 0 aliphatic carbocycles. The number of aliphatic hydroxyl groups excluding tert-OH is 1. The summed E-state index contributed by atoms with van der Waals surface area (Å²) >= 11 is 6.06. The molecule has 0 bridgehead atoms. The third-order valence-corrected chi connectivity index (χ3v) is 3.60. The molecule has 5 heteroatoms. The molecule has 0 radical (unpaired) electrons. The predicted molar refractivity (Wildman–Crippen MR) is 76.3 cm³/mol. The zero-order chi connectivity index (χ0) is 15.6. The lowest BCUT2D eigenvalue weighted by Crippen LogP contribution is -2.13. The number of aryl methyl sites for hydroxylation is 1. The van der Waals surface area contributed by atoms with Crippen molar-refractivity contribution >= 4 is 11.6 Å². The zero-order valence-electron chi connectivity index (χ0n) is 11.3. The minimum absolute atomic E-state index is 0.0339.